The second kappa shape index (κ2) is 14.2. The lowest BCUT2D eigenvalue weighted by atomic mass is 9.88. The topological polar surface area (TPSA) is 106 Å². The summed E-state index contributed by atoms with van der Waals surface area (Å²) in [5.41, 5.74) is 9.53. The fourth-order valence-corrected chi connectivity index (χ4v) is 5.76. The van der Waals surface area contributed by atoms with E-state index in [9.17, 15) is 14.0 Å². The Hall–Kier alpha value is -4.11. The number of amides is 2. The van der Waals surface area contributed by atoms with Crippen LogP contribution in [0.5, 0.6) is 11.5 Å². The first-order valence-electron chi connectivity index (χ1n) is 14.7. The molecular formula is C33H39FN4O4. The van der Waals surface area contributed by atoms with Crippen molar-refractivity contribution in [2.75, 3.05) is 37.7 Å². The van der Waals surface area contributed by atoms with Crippen LogP contribution in [-0.2, 0) is 22.4 Å². The van der Waals surface area contributed by atoms with Crippen LogP contribution in [0.2, 0.25) is 0 Å². The molecule has 9 heteroatoms. The molecule has 2 amide bonds. The van der Waals surface area contributed by atoms with Gasteiger partial charge in [0.1, 0.15) is 17.3 Å². The van der Waals surface area contributed by atoms with Crippen molar-refractivity contribution in [3.05, 3.63) is 89.2 Å². The molecule has 8 nitrogen and oxygen atoms in total. The number of benzene rings is 3. The largest absolute Gasteiger partial charge is 0.494 e. The maximum atomic E-state index is 13.7. The van der Waals surface area contributed by atoms with Gasteiger partial charge in [-0.15, -0.1) is 0 Å². The molecule has 0 radical (unpaired) electrons. The third-order valence-electron chi connectivity index (χ3n) is 7.96. The fraction of sp³-hybridized carbons (Fsp3) is 0.394. The SMILES string of the molecule is NC(=O)CNC(=O)COc1ccc2c(c1)CCN(c1ccc(F)cc1)C2Cc1ccc(OCCC2CCCCN2)cc1. The molecule has 4 N–H and O–H groups in total. The summed E-state index contributed by atoms with van der Waals surface area (Å²) in [5.74, 6) is 0.176. The summed E-state index contributed by atoms with van der Waals surface area (Å²) < 4.78 is 25.5. The monoisotopic (exact) mass is 574 g/mol. The zero-order valence-electron chi connectivity index (χ0n) is 23.8. The number of hydrogen-bond acceptors (Lipinski definition) is 6. The molecule has 0 aliphatic carbocycles. The maximum Gasteiger partial charge on any atom is 0.258 e. The number of ether oxygens (including phenoxy) is 2. The van der Waals surface area contributed by atoms with Crippen molar-refractivity contribution in [1.29, 1.82) is 0 Å². The van der Waals surface area contributed by atoms with Crippen molar-refractivity contribution in [3.63, 3.8) is 0 Å². The van der Waals surface area contributed by atoms with Gasteiger partial charge in [0.25, 0.3) is 5.91 Å². The van der Waals surface area contributed by atoms with Crippen LogP contribution in [0, 0.1) is 5.82 Å². The predicted molar refractivity (Wildman–Crippen MR) is 160 cm³/mol. The molecule has 222 valence electrons. The Labute approximate surface area is 246 Å². The Bertz CT molecular complexity index is 1340. The molecule has 0 aromatic heterocycles. The zero-order valence-corrected chi connectivity index (χ0v) is 23.8. The van der Waals surface area contributed by atoms with Gasteiger partial charge in [0, 0.05) is 18.3 Å². The van der Waals surface area contributed by atoms with Crippen LogP contribution >= 0.6 is 0 Å². The normalized spacial score (nSPS) is 18.2. The van der Waals surface area contributed by atoms with Gasteiger partial charge in [-0.05, 0) is 104 Å². The molecular weight excluding hydrogens is 535 g/mol. The number of anilines is 1. The van der Waals surface area contributed by atoms with Crippen LogP contribution in [-0.4, -0.2) is 50.7 Å². The highest BCUT2D eigenvalue weighted by Gasteiger charge is 2.28. The van der Waals surface area contributed by atoms with Crippen molar-refractivity contribution in [2.45, 2.75) is 50.6 Å². The lowest BCUT2D eigenvalue weighted by Gasteiger charge is -2.39. The quantitative estimate of drug-likeness (QED) is 0.301. The number of halogens is 1. The molecule has 2 aliphatic heterocycles. The number of primary amides is 1. The third-order valence-corrected chi connectivity index (χ3v) is 7.96. The Kier molecular flexibility index (Phi) is 9.92. The number of carbonyl (C=O) groups is 2. The zero-order chi connectivity index (χ0) is 29.3. The maximum absolute atomic E-state index is 13.7. The van der Waals surface area contributed by atoms with Crippen LogP contribution in [0.4, 0.5) is 10.1 Å². The first-order valence-corrected chi connectivity index (χ1v) is 14.7. The van der Waals surface area contributed by atoms with Crippen molar-refractivity contribution in [2.24, 2.45) is 5.73 Å². The van der Waals surface area contributed by atoms with E-state index in [-0.39, 0.29) is 25.0 Å². The van der Waals surface area contributed by atoms with E-state index in [1.807, 2.05) is 42.5 Å². The molecule has 2 atom stereocenters. The Morgan fingerprint density at radius 2 is 1.79 bits per heavy atom. The summed E-state index contributed by atoms with van der Waals surface area (Å²) in [6.07, 6.45) is 6.31. The minimum absolute atomic E-state index is 0.0243. The number of piperidine rings is 1. The van der Waals surface area contributed by atoms with Gasteiger partial charge in [-0.3, -0.25) is 9.59 Å². The Morgan fingerprint density at radius 3 is 2.52 bits per heavy atom. The van der Waals surface area contributed by atoms with Gasteiger partial charge in [-0.1, -0.05) is 24.6 Å². The Morgan fingerprint density at radius 1 is 1.00 bits per heavy atom. The summed E-state index contributed by atoms with van der Waals surface area (Å²) >= 11 is 0. The van der Waals surface area contributed by atoms with Crippen LogP contribution in [0.15, 0.2) is 66.7 Å². The highest BCUT2D eigenvalue weighted by atomic mass is 19.1. The molecule has 1 fully saturated rings. The van der Waals surface area contributed by atoms with Crippen molar-refractivity contribution < 1.29 is 23.5 Å². The van der Waals surface area contributed by atoms with Crippen molar-refractivity contribution >= 4 is 17.5 Å². The molecule has 0 saturated carbocycles. The van der Waals surface area contributed by atoms with Crippen LogP contribution < -0.4 is 30.7 Å². The van der Waals surface area contributed by atoms with Gasteiger partial charge in [-0.25, -0.2) is 4.39 Å². The highest BCUT2D eigenvalue weighted by Crippen LogP contribution is 2.38. The van der Waals surface area contributed by atoms with E-state index >= 15 is 0 Å². The van der Waals surface area contributed by atoms with E-state index in [1.54, 1.807) is 0 Å². The first-order chi connectivity index (χ1) is 20.4. The summed E-state index contributed by atoms with van der Waals surface area (Å²) in [6.45, 7) is 2.12. The fourth-order valence-electron chi connectivity index (χ4n) is 5.76. The van der Waals surface area contributed by atoms with E-state index in [0.29, 0.717) is 18.4 Å². The number of fused-ring (bicyclic) bond motifs is 1. The number of nitrogens with zero attached hydrogens (tertiary/aromatic N) is 1. The molecule has 2 unspecified atom stereocenters. The molecule has 5 rings (SSSR count). The average Bonchev–Trinajstić information content (AvgIpc) is 3.01. The van der Waals surface area contributed by atoms with Crippen LogP contribution in [0.1, 0.15) is 48.4 Å². The van der Waals surface area contributed by atoms with Crippen LogP contribution in [0.25, 0.3) is 0 Å². The van der Waals surface area contributed by atoms with E-state index in [0.717, 1.165) is 54.9 Å². The molecule has 1 saturated heterocycles. The molecule has 42 heavy (non-hydrogen) atoms. The number of carbonyl (C=O) groups excluding carboxylic acids is 2. The molecule has 0 spiro atoms. The van der Waals surface area contributed by atoms with Gasteiger partial charge in [-0.2, -0.15) is 0 Å². The van der Waals surface area contributed by atoms with E-state index < -0.39 is 11.8 Å². The second-order valence-electron chi connectivity index (χ2n) is 11.0. The smallest absolute Gasteiger partial charge is 0.258 e. The number of rotatable bonds is 12. The lowest BCUT2D eigenvalue weighted by molar-refractivity contribution is -0.126. The minimum Gasteiger partial charge on any atom is -0.494 e. The van der Waals surface area contributed by atoms with Gasteiger partial charge >= 0.3 is 0 Å². The number of nitrogens with one attached hydrogen (secondary N) is 2. The first kappa shape index (κ1) is 29.4. The standard InChI is InChI=1S/C33H39FN4O4/c34-25-6-8-27(9-7-25)38-17-14-24-20-29(42-22-33(40)37-21-32(35)39)12-13-30(24)31(38)19-23-4-10-28(11-5-23)41-18-15-26-3-1-2-16-36-26/h4-13,20,26,31,36H,1-3,14-19,21-22H2,(H2,35,39)(H,37,40). The highest BCUT2D eigenvalue weighted by molar-refractivity contribution is 5.84. The van der Waals surface area contributed by atoms with Gasteiger partial charge in [0.15, 0.2) is 6.61 Å². The molecule has 3 aromatic carbocycles. The minimum atomic E-state index is -0.608. The number of nitrogens with two attached hydrogens (primary N) is 1. The average molecular weight is 575 g/mol. The summed E-state index contributed by atoms with van der Waals surface area (Å²) in [5, 5.41) is 5.99. The molecule has 0 bridgehead atoms. The van der Waals surface area contributed by atoms with E-state index in [2.05, 4.69) is 27.7 Å². The predicted octanol–water partition coefficient (Wildman–Crippen LogP) is 4.06. The van der Waals surface area contributed by atoms with Gasteiger partial charge in [0.2, 0.25) is 5.91 Å². The van der Waals surface area contributed by atoms with Crippen molar-refractivity contribution in [1.82, 2.24) is 10.6 Å². The third kappa shape index (κ3) is 8.00. The van der Waals surface area contributed by atoms with Gasteiger partial charge in [0.05, 0.1) is 19.2 Å². The number of hydrogen-bond donors (Lipinski definition) is 3. The Balaban J connectivity index is 1.27. The van der Waals surface area contributed by atoms with Gasteiger partial charge < -0.3 is 30.7 Å². The van der Waals surface area contributed by atoms with E-state index in [4.69, 9.17) is 15.2 Å². The molecule has 3 aromatic rings. The summed E-state index contributed by atoms with van der Waals surface area (Å²) in [7, 11) is 0. The van der Waals surface area contributed by atoms with Crippen molar-refractivity contribution in [3.8, 4) is 11.5 Å². The second-order valence-corrected chi connectivity index (χ2v) is 11.0. The molecule has 2 heterocycles. The summed E-state index contributed by atoms with van der Waals surface area (Å²) in [4.78, 5) is 25.2. The van der Waals surface area contributed by atoms with E-state index in [1.165, 1.54) is 37.0 Å². The van der Waals surface area contributed by atoms with Crippen LogP contribution in [0.3, 0.4) is 0 Å². The lowest BCUT2D eigenvalue weighted by Crippen LogP contribution is -2.37. The molecule has 2 aliphatic rings. The summed E-state index contributed by atoms with van der Waals surface area (Å²) in [6, 6.07) is 21.4.